The summed E-state index contributed by atoms with van der Waals surface area (Å²) in [6.45, 7) is 3.65. The summed E-state index contributed by atoms with van der Waals surface area (Å²) in [7, 11) is 1.73. The molecule has 0 aliphatic carbocycles. The van der Waals surface area contributed by atoms with Crippen LogP contribution in [0.15, 0.2) is 53.7 Å². The fourth-order valence-electron chi connectivity index (χ4n) is 2.51. The van der Waals surface area contributed by atoms with E-state index in [4.69, 9.17) is 9.72 Å². The number of ether oxygens (including phenoxy) is 1. The van der Waals surface area contributed by atoms with Crippen LogP contribution in [0.25, 0.3) is 11.0 Å². The van der Waals surface area contributed by atoms with Crippen molar-refractivity contribution >= 4 is 22.8 Å². The summed E-state index contributed by atoms with van der Waals surface area (Å²) in [5.74, 6) is 0.929. The monoisotopic (exact) mass is 312 g/mol. The molecule has 0 radical (unpaired) electrons. The van der Waals surface area contributed by atoms with E-state index in [0.717, 1.165) is 23.0 Å². The number of imidazole rings is 1. The predicted molar refractivity (Wildman–Crippen MR) is 92.3 cm³/mol. The Kier molecular flexibility index (Phi) is 4.80. The van der Waals surface area contributed by atoms with E-state index in [1.807, 2.05) is 6.07 Å². The number of aromatic nitrogens is 2. The van der Waals surface area contributed by atoms with Gasteiger partial charge in [-0.05, 0) is 24.6 Å². The highest BCUT2D eigenvalue weighted by Crippen LogP contribution is 2.27. The van der Waals surface area contributed by atoms with Gasteiger partial charge in [-0.1, -0.05) is 53.7 Å². The molecule has 3 aromatic rings. The highest BCUT2D eigenvalue weighted by atomic mass is 32.2. The Labute approximate surface area is 135 Å². The van der Waals surface area contributed by atoms with Crippen LogP contribution < -0.4 is 0 Å². The Morgan fingerprint density at radius 2 is 2.00 bits per heavy atom. The molecule has 0 saturated carbocycles. The molecule has 2 aromatic carbocycles. The highest BCUT2D eigenvalue weighted by Gasteiger charge is 2.10. The van der Waals surface area contributed by atoms with Crippen LogP contribution >= 0.6 is 11.8 Å². The van der Waals surface area contributed by atoms with Crippen molar-refractivity contribution in [3.8, 4) is 0 Å². The van der Waals surface area contributed by atoms with Gasteiger partial charge in [0.05, 0.1) is 17.6 Å². The van der Waals surface area contributed by atoms with Crippen LogP contribution in [0.2, 0.25) is 0 Å². The summed E-state index contributed by atoms with van der Waals surface area (Å²) in [5, 5.41) is 1.06. The summed E-state index contributed by atoms with van der Waals surface area (Å²) in [6, 6.07) is 16.9. The summed E-state index contributed by atoms with van der Waals surface area (Å²) in [4.78, 5) is 4.77. The number of rotatable bonds is 6. The van der Waals surface area contributed by atoms with Gasteiger partial charge in [0.25, 0.3) is 0 Å². The van der Waals surface area contributed by atoms with Crippen molar-refractivity contribution in [2.45, 2.75) is 24.4 Å². The number of methoxy groups -OCH3 is 1. The molecule has 0 aliphatic rings. The van der Waals surface area contributed by atoms with E-state index in [1.165, 1.54) is 16.6 Å². The minimum Gasteiger partial charge on any atom is -0.383 e. The molecule has 1 aromatic heterocycles. The van der Waals surface area contributed by atoms with Crippen molar-refractivity contribution in [1.82, 2.24) is 9.55 Å². The summed E-state index contributed by atoms with van der Waals surface area (Å²) < 4.78 is 7.49. The summed E-state index contributed by atoms with van der Waals surface area (Å²) in [6.07, 6.45) is 0. The van der Waals surface area contributed by atoms with Gasteiger partial charge < -0.3 is 9.30 Å². The molecule has 0 bridgehead atoms. The van der Waals surface area contributed by atoms with Gasteiger partial charge in [-0.3, -0.25) is 0 Å². The lowest BCUT2D eigenvalue weighted by molar-refractivity contribution is 0.186. The molecule has 0 unspecified atom stereocenters. The summed E-state index contributed by atoms with van der Waals surface area (Å²) in [5.41, 5.74) is 4.85. The van der Waals surface area contributed by atoms with Gasteiger partial charge in [0, 0.05) is 19.4 Å². The molecule has 3 rings (SSSR count). The molecule has 0 N–H and O–H groups in total. The Morgan fingerprint density at radius 3 is 2.82 bits per heavy atom. The Bertz CT molecular complexity index is 767. The number of hydrogen-bond acceptors (Lipinski definition) is 3. The fourth-order valence-corrected chi connectivity index (χ4v) is 3.50. The van der Waals surface area contributed by atoms with Gasteiger partial charge in [0.2, 0.25) is 0 Å². The second-order valence-corrected chi connectivity index (χ2v) is 6.25. The lowest BCUT2D eigenvalue weighted by Crippen LogP contribution is -2.05. The first-order valence-electron chi connectivity index (χ1n) is 7.40. The maximum Gasteiger partial charge on any atom is 0.169 e. The second-order valence-electron chi connectivity index (χ2n) is 5.31. The third-order valence-corrected chi connectivity index (χ3v) is 4.64. The van der Waals surface area contributed by atoms with Gasteiger partial charge in [-0.15, -0.1) is 0 Å². The lowest BCUT2D eigenvalue weighted by atomic mass is 10.2. The van der Waals surface area contributed by atoms with Gasteiger partial charge in [-0.25, -0.2) is 4.98 Å². The van der Waals surface area contributed by atoms with Gasteiger partial charge in [-0.2, -0.15) is 0 Å². The highest BCUT2D eigenvalue weighted by molar-refractivity contribution is 7.98. The van der Waals surface area contributed by atoms with Crippen LogP contribution in [0.1, 0.15) is 11.1 Å². The topological polar surface area (TPSA) is 27.1 Å². The lowest BCUT2D eigenvalue weighted by Gasteiger charge is -2.08. The molecule has 3 nitrogen and oxygen atoms in total. The van der Waals surface area contributed by atoms with Crippen molar-refractivity contribution in [2.24, 2.45) is 0 Å². The van der Waals surface area contributed by atoms with Crippen molar-refractivity contribution in [3.05, 3.63) is 59.7 Å². The number of nitrogens with zero attached hydrogens (tertiary/aromatic N) is 2. The van der Waals surface area contributed by atoms with Crippen LogP contribution in [0.3, 0.4) is 0 Å². The van der Waals surface area contributed by atoms with E-state index in [0.29, 0.717) is 6.61 Å². The zero-order chi connectivity index (χ0) is 15.4. The smallest absolute Gasteiger partial charge is 0.169 e. The number of hydrogen-bond donors (Lipinski definition) is 0. The van der Waals surface area contributed by atoms with E-state index in [9.17, 15) is 0 Å². The van der Waals surface area contributed by atoms with Gasteiger partial charge in [0.15, 0.2) is 5.16 Å². The molecule has 0 spiro atoms. The molecule has 0 aliphatic heterocycles. The SMILES string of the molecule is COCCn1c(SCc2cccc(C)c2)nc2ccccc21. The van der Waals surface area contributed by atoms with E-state index in [2.05, 4.69) is 54.0 Å². The molecular formula is C18H20N2OS. The van der Waals surface area contributed by atoms with Crippen molar-refractivity contribution < 1.29 is 4.74 Å². The van der Waals surface area contributed by atoms with Crippen LogP contribution in [-0.2, 0) is 17.0 Å². The van der Waals surface area contributed by atoms with Crippen LogP contribution in [0.4, 0.5) is 0 Å². The third kappa shape index (κ3) is 3.34. The number of aryl methyl sites for hydroxylation is 1. The van der Waals surface area contributed by atoms with Crippen molar-refractivity contribution in [2.75, 3.05) is 13.7 Å². The van der Waals surface area contributed by atoms with Crippen LogP contribution in [0, 0.1) is 6.92 Å². The maximum absolute atomic E-state index is 5.24. The molecule has 114 valence electrons. The molecule has 0 amide bonds. The average molecular weight is 312 g/mol. The zero-order valence-corrected chi connectivity index (χ0v) is 13.8. The Hall–Kier alpha value is -1.78. The van der Waals surface area contributed by atoms with E-state index >= 15 is 0 Å². The maximum atomic E-state index is 5.24. The van der Waals surface area contributed by atoms with E-state index in [1.54, 1.807) is 18.9 Å². The fraction of sp³-hybridized carbons (Fsp3) is 0.278. The Balaban J connectivity index is 1.85. The normalized spacial score (nSPS) is 11.2. The minimum absolute atomic E-state index is 0.693. The molecule has 1 heterocycles. The first kappa shape index (κ1) is 15.1. The third-order valence-electron chi connectivity index (χ3n) is 3.59. The molecule has 0 fully saturated rings. The molecule has 4 heteroatoms. The quantitative estimate of drug-likeness (QED) is 0.636. The van der Waals surface area contributed by atoms with Crippen LogP contribution in [-0.4, -0.2) is 23.3 Å². The largest absolute Gasteiger partial charge is 0.383 e. The van der Waals surface area contributed by atoms with E-state index in [-0.39, 0.29) is 0 Å². The van der Waals surface area contributed by atoms with Crippen molar-refractivity contribution in [3.63, 3.8) is 0 Å². The predicted octanol–water partition coefficient (Wildman–Crippen LogP) is 4.28. The number of fused-ring (bicyclic) bond motifs is 1. The number of thioether (sulfide) groups is 1. The summed E-state index contributed by atoms with van der Waals surface area (Å²) >= 11 is 1.78. The molecular weight excluding hydrogens is 292 g/mol. The molecule has 22 heavy (non-hydrogen) atoms. The zero-order valence-electron chi connectivity index (χ0n) is 13.0. The van der Waals surface area contributed by atoms with Gasteiger partial charge >= 0.3 is 0 Å². The molecule has 0 atom stereocenters. The standard InChI is InChI=1S/C18H20N2OS/c1-14-6-5-7-15(12-14)13-22-18-19-16-8-3-4-9-17(16)20(18)10-11-21-2/h3-9,12H,10-11,13H2,1-2H3. The first-order chi connectivity index (χ1) is 10.8. The second kappa shape index (κ2) is 6.99. The number of benzene rings is 2. The first-order valence-corrected chi connectivity index (χ1v) is 8.39. The Morgan fingerprint density at radius 1 is 1.14 bits per heavy atom. The average Bonchev–Trinajstić information content (AvgIpc) is 2.88. The van der Waals surface area contributed by atoms with Gasteiger partial charge in [0.1, 0.15) is 0 Å². The number of para-hydroxylation sites is 2. The van der Waals surface area contributed by atoms with Crippen molar-refractivity contribution in [1.29, 1.82) is 0 Å². The van der Waals surface area contributed by atoms with E-state index < -0.39 is 0 Å². The van der Waals surface area contributed by atoms with Crippen LogP contribution in [0.5, 0.6) is 0 Å². The minimum atomic E-state index is 0.693. The molecule has 0 saturated heterocycles.